The monoisotopic (exact) mass is 369 g/mol. The number of hydrogen-bond acceptors (Lipinski definition) is 3. The molecule has 0 radical (unpaired) electrons. The lowest BCUT2D eigenvalue weighted by atomic mass is 9.97. The predicted octanol–water partition coefficient (Wildman–Crippen LogP) is 3.99. The van der Waals surface area contributed by atoms with Crippen LogP contribution in [0, 0.1) is 0 Å². The van der Waals surface area contributed by atoms with Crippen LogP contribution in [0.4, 0.5) is 11.4 Å². The van der Waals surface area contributed by atoms with E-state index in [-0.39, 0.29) is 18.0 Å². The molecule has 0 unspecified atom stereocenters. The second-order valence-corrected chi connectivity index (χ2v) is 7.22. The highest BCUT2D eigenvalue weighted by Gasteiger charge is 2.37. The first-order valence-corrected chi connectivity index (χ1v) is 9.17. The quantitative estimate of drug-likeness (QED) is 0.870. The molecule has 0 saturated carbocycles. The van der Waals surface area contributed by atoms with Crippen LogP contribution in [-0.2, 0) is 0 Å². The van der Waals surface area contributed by atoms with E-state index in [1.54, 1.807) is 36.4 Å². The fourth-order valence-electron chi connectivity index (χ4n) is 3.75. The molecule has 5 nitrogen and oxygen atoms in total. The third kappa shape index (κ3) is 2.92. The van der Waals surface area contributed by atoms with E-state index in [9.17, 15) is 9.59 Å². The average molecular weight is 370 g/mol. The number of halogens is 1. The summed E-state index contributed by atoms with van der Waals surface area (Å²) in [7, 11) is 2.00. The van der Waals surface area contributed by atoms with Crippen LogP contribution < -0.4 is 10.2 Å². The molecule has 2 aliphatic rings. The van der Waals surface area contributed by atoms with Crippen molar-refractivity contribution < 1.29 is 9.59 Å². The molecular weight excluding hydrogens is 350 g/mol. The molecule has 0 spiro atoms. The number of carbonyl (C=O) groups is 2. The molecule has 4 rings (SSSR count). The minimum Gasteiger partial charge on any atom is -0.354 e. The number of amides is 2. The summed E-state index contributed by atoms with van der Waals surface area (Å²) in [4.78, 5) is 29.4. The predicted molar refractivity (Wildman–Crippen MR) is 103 cm³/mol. The topological polar surface area (TPSA) is 52.7 Å². The van der Waals surface area contributed by atoms with E-state index in [0.717, 1.165) is 31.5 Å². The Labute approximate surface area is 157 Å². The maximum atomic E-state index is 12.8. The van der Waals surface area contributed by atoms with Crippen molar-refractivity contribution in [3.8, 4) is 0 Å². The van der Waals surface area contributed by atoms with Crippen LogP contribution in [0.3, 0.4) is 0 Å². The molecule has 1 N–H and O–H groups in total. The molecule has 2 aromatic carbocycles. The largest absolute Gasteiger partial charge is 0.354 e. The second-order valence-electron chi connectivity index (χ2n) is 6.78. The number of fused-ring (bicyclic) bond motifs is 2. The Bertz CT molecular complexity index is 866. The first-order valence-electron chi connectivity index (χ1n) is 8.79. The Morgan fingerprint density at radius 3 is 2.69 bits per heavy atom. The van der Waals surface area contributed by atoms with Gasteiger partial charge in [0.05, 0.1) is 11.3 Å². The molecule has 0 aromatic heterocycles. The van der Waals surface area contributed by atoms with Gasteiger partial charge in [0.15, 0.2) is 0 Å². The summed E-state index contributed by atoms with van der Waals surface area (Å²) in [5, 5.41) is 3.48. The summed E-state index contributed by atoms with van der Waals surface area (Å²) in [6, 6.07) is 12.3. The summed E-state index contributed by atoms with van der Waals surface area (Å²) in [6.45, 7) is 0.798. The highest BCUT2D eigenvalue weighted by Crippen LogP contribution is 2.34. The zero-order valence-corrected chi connectivity index (χ0v) is 15.3. The molecule has 2 amide bonds. The highest BCUT2D eigenvalue weighted by molar-refractivity contribution is 6.30. The molecule has 2 aliphatic heterocycles. The van der Waals surface area contributed by atoms with Crippen molar-refractivity contribution >= 4 is 34.8 Å². The summed E-state index contributed by atoms with van der Waals surface area (Å²) in [5.74, 6) is -0.144. The van der Waals surface area contributed by atoms with Crippen LogP contribution in [0.5, 0.6) is 0 Å². The Hall–Kier alpha value is -2.53. The van der Waals surface area contributed by atoms with Crippen molar-refractivity contribution in [2.24, 2.45) is 0 Å². The van der Waals surface area contributed by atoms with Gasteiger partial charge in [-0.3, -0.25) is 9.59 Å². The van der Waals surface area contributed by atoms with Gasteiger partial charge in [-0.1, -0.05) is 11.6 Å². The van der Waals surface area contributed by atoms with E-state index in [1.807, 2.05) is 18.0 Å². The van der Waals surface area contributed by atoms with Crippen LogP contribution in [0.2, 0.25) is 5.02 Å². The van der Waals surface area contributed by atoms with E-state index in [2.05, 4.69) is 10.2 Å². The van der Waals surface area contributed by atoms with Gasteiger partial charge >= 0.3 is 0 Å². The SMILES string of the molecule is CN1c2cc(C(=O)Nc3ccc(Cl)cc3)ccc2C(=O)N2CCCC[C@H]21. The Morgan fingerprint density at radius 2 is 1.92 bits per heavy atom. The molecular formula is C20H20ClN3O2. The van der Waals surface area contributed by atoms with Gasteiger partial charge in [-0.25, -0.2) is 0 Å². The number of carbonyl (C=O) groups excluding carboxylic acids is 2. The van der Waals surface area contributed by atoms with E-state index in [1.165, 1.54) is 0 Å². The molecule has 2 heterocycles. The maximum Gasteiger partial charge on any atom is 0.257 e. The molecule has 134 valence electrons. The lowest BCUT2D eigenvalue weighted by molar-refractivity contribution is 0.0589. The van der Waals surface area contributed by atoms with E-state index in [4.69, 9.17) is 11.6 Å². The molecule has 0 bridgehead atoms. The van der Waals surface area contributed by atoms with Gasteiger partial charge in [-0.15, -0.1) is 0 Å². The lowest BCUT2D eigenvalue weighted by Gasteiger charge is -2.46. The zero-order chi connectivity index (χ0) is 18.3. The Balaban J connectivity index is 1.62. The fourth-order valence-corrected chi connectivity index (χ4v) is 3.88. The third-order valence-corrected chi connectivity index (χ3v) is 5.40. The minimum absolute atomic E-state index is 0.0625. The standard InChI is InChI=1S/C20H20ClN3O2/c1-23-17-12-13(19(25)22-15-8-6-14(21)7-9-15)5-10-16(17)20(26)24-11-3-2-4-18(23)24/h5-10,12,18H,2-4,11H2,1H3,(H,22,25)/t18-/m0/s1. The molecule has 1 fully saturated rings. The third-order valence-electron chi connectivity index (χ3n) is 5.15. The molecule has 1 atom stereocenters. The van der Waals surface area contributed by atoms with Gasteiger partial charge in [-0.05, 0) is 61.7 Å². The first-order chi connectivity index (χ1) is 12.5. The number of hydrogen-bond donors (Lipinski definition) is 1. The summed E-state index contributed by atoms with van der Waals surface area (Å²) >= 11 is 5.88. The Morgan fingerprint density at radius 1 is 1.15 bits per heavy atom. The fraction of sp³-hybridized carbons (Fsp3) is 0.300. The van der Waals surface area contributed by atoms with Crippen molar-refractivity contribution in [3.05, 3.63) is 58.6 Å². The van der Waals surface area contributed by atoms with Crippen molar-refractivity contribution in [2.75, 3.05) is 23.8 Å². The Kier molecular flexibility index (Phi) is 4.32. The second kappa shape index (κ2) is 6.65. The van der Waals surface area contributed by atoms with Crippen molar-refractivity contribution in [1.29, 1.82) is 0 Å². The van der Waals surface area contributed by atoms with Crippen LogP contribution in [0.25, 0.3) is 0 Å². The number of piperidine rings is 1. The van der Waals surface area contributed by atoms with Crippen molar-refractivity contribution in [3.63, 3.8) is 0 Å². The van der Waals surface area contributed by atoms with Gasteiger partial charge in [0, 0.05) is 29.9 Å². The van der Waals surface area contributed by atoms with Gasteiger partial charge in [0.2, 0.25) is 0 Å². The van der Waals surface area contributed by atoms with E-state index in [0.29, 0.717) is 21.8 Å². The number of nitrogens with one attached hydrogen (secondary N) is 1. The van der Waals surface area contributed by atoms with Crippen molar-refractivity contribution in [1.82, 2.24) is 4.90 Å². The molecule has 0 aliphatic carbocycles. The summed E-state index contributed by atoms with van der Waals surface area (Å²) in [5.41, 5.74) is 2.69. The smallest absolute Gasteiger partial charge is 0.257 e. The average Bonchev–Trinajstić information content (AvgIpc) is 2.67. The molecule has 1 saturated heterocycles. The van der Waals surface area contributed by atoms with E-state index < -0.39 is 0 Å². The van der Waals surface area contributed by atoms with Crippen LogP contribution >= 0.6 is 11.6 Å². The van der Waals surface area contributed by atoms with Gasteiger partial charge in [-0.2, -0.15) is 0 Å². The van der Waals surface area contributed by atoms with E-state index >= 15 is 0 Å². The minimum atomic E-state index is -0.206. The number of rotatable bonds is 2. The first kappa shape index (κ1) is 16.9. The van der Waals surface area contributed by atoms with Crippen LogP contribution in [0.1, 0.15) is 40.0 Å². The van der Waals surface area contributed by atoms with Gasteiger partial charge in [0.25, 0.3) is 11.8 Å². The number of nitrogens with zero attached hydrogens (tertiary/aromatic N) is 2. The normalized spacial score (nSPS) is 19.0. The van der Waals surface area contributed by atoms with Gasteiger partial charge < -0.3 is 15.1 Å². The molecule has 6 heteroatoms. The zero-order valence-electron chi connectivity index (χ0n) is 14.5. The van der Waals surface area contributed by atoms with Crippen LogP contribution in [0.15, 0.2) is 42.5 Å². The summed E-state index contributed by atoms with van der Waals surface area (Å²) < 4.78 is 0. The van der Waals surface area contributed by atoms with Crippen molar-refractivity contribution in [2.45, 2.75) is 25.4 Å². The maximum absolute atomic E-state index is 12.8. The lowest BCUT2D eigenvalue weighted by Crippen LogP contribution is -2.55. The summed E-state index contributed by atoms with van der Waals surface area (Å²) in [6.07, 6.45) is 3.21. The highest BCUT2D eigenvalue weighted by atomic mass is 35.5. The number of anilines is 2. The number of benzene rings is 2. The molecule has 26 heavy (non-hydrogen) atoms. The van der Waals surface area contributed by atoms with Crippen LogP contribution in [-0.4, -0.2) is 36.5 Å². The molecule has 2 aromatic rings. The van der Waals surface area contributed by atoms with Gasteiger partial charge in [0.1, 0.15) is 6.17 Å².